The molecule has 4 nitrogen and oxygen atoms in total. The lowest BCUT2D eigenvalue weighted by molar-refractivity contribution is 0.0951. The first kappa shape index (κ1) is 14.4. The van der Waals surface area contributed by atoms with Gasteiger partial charge in [-0.1, -0.05) is 0 Å². The van der Waals surface area contributed by atoms with Crippen molar-refractivity contribution in [3.8, 4) is 5.75 Å². The first-order valence-corrected chi connectivity index (χ1v) is 7.38. The number of thiophene rings is 1. The zero-order chi connectivity index (χ0) is 14.5. The molecule has 0 bridgehead atoms. The SMILES string of the molecule is CCOc1ccc(C(=O)NCc2cscc2C)cc1N. The summed E-state index contributed by atoms with van der Waals surface area (Å²) < 4.78 is 5.35. The number of aryl methyl sites for hydroxylation is 1. The van der Waals surface area contributed by atoms with E-state index in [1.165, 1.54) is 5.56 Å². The lowest BCUT2D eigenvalue weighted by atomic mass is 10.1. The summed E-state index contributed by atoms with van der Waals surface area (Å²) in [7, 11) is 0. The van der Waals surface area contributed by atoms with Crippen molar-refractivity contribution in [3.63, 3.8) is 0 Å². The Labute approximate surface area is 122 Å². The smallest absolute Gasteiger partial charge is 0.251 e. The Morgan fingerprint density at radius 1 is 1.40 bits per heavy atom. The summed E-state index contributed by atoms with van der Waals surface area (Å²) in [6, 6.07) is 5.08. The molecule has 5 heteroatoms. The van der Waals surface area contributed by atoms with Gasteiger partial charge in [0.1, 0.15) is 5.75 Å². The molecule has 0 radical (unpaired) electrons. The fourth-order valence-electron chi connectivity index (χ4n) is 1.82. The standard InChI is InChI=1S/C15H18N2O2S/c1-3-19-14-5-4-11(6-13(14)16)15(18)17-7-12-9-20-8-10(12)2/h4-6,8-9H,3,7,16H2,1-2H3,(H,17,18). The van der Waals surface area contributed by atoms with Gasteiger partial charge in [-0.2, -0.15) is 11.3 Å². The molecule has 0 saturated heterocycles. The molecular formula is C15H18N2O2S. The van der Waals surface area contributed by atoms with Crippen LogP contribution in [0.1, 0.15) is 28.4 Å². The maximum Gasteiger partial charge on any atom is 0.251 e. The highest BCUT2D eigenvalue weighted by Gasteiger charge is 2.09. The summed E-state index contributed by atoms with van der Waals surface area (Å²) in [5, 5.41) is 7.00. The van der Waals surface area contributed by atoms with Gasteiger partial charge >= 0.3 is 0 Å². The van der Waals surface area contributed by atoms with Crippen LogP contribution in [0.25, 0.3) is 0 Å². The number of nitrogens with two attached hydrogens (primary N) is 1. The van der Waals surface area contributed by atoms with Gasteiger partial charge in [0.25, 0.3) is 5.91 Å². The molecule has 106 valence electrons. The maximum atomic E-state index is 12.1. The molecule has 1 aromatic heterocycles. The second-order valence-electron chi connectivity index (χ2n) is 4.45. The van der Waals surface area contributed by atoms with Crippen molar-refractivity contribution in [2.45, 2.75) is 20.4 Å². The summed E-state index contributed by atoms with van der Waals surface area (Å²) in [5.74, 6) is 0.475. The first-order chi connectivity index (χ1) is 9.61. The molecule has 0 aliphatic rings. The quantitative estimate of drug-likeness (QED) is 0.832. The molecular weight excluding hydrogens is 272 g/mol. The fourth-order valence-corrected chi connectivity index (χ4v) is 2.68. The van der Waals surface area contributed by atoms with Crippen molar-refractivity contribution in [1.29, 1.82) is 0 Å². The normalized spacial score (nSPS) is 10.3. The molecule has 0 spiro atoms. The van der Waals surface area contributed by atoms with Crippen LogP contribution in [0.15, 0.2) is 29.0 Å². The number of hydrogen-bond acceptors (Lipinski definition) is 4. The van der Waals surface area contributed by atoms with Gasteiger partial charge in [0.15, 0.2) is 0 Å². The van der Waals surface area contributed by atoms with Crippen molar-refractivity contribution >= 4 is 22.9 Å². The van der Waals surface area contributed by atoms with E-state index in [9.17, 15) is 4.79 Å². The summed E-state index contributed by atoms with van der Waals surface area (Å²) in [4.78, 5) is 12.1. The van der Waals surface area contributed by atoms with Crippen LogP contribution < -0.4 is 15.8 Å². The second-order valence-corrected chi connectivity index (χ2v) is 5.19. The zero-order valence-corrected chi connectivity index (χ0v) is 12.4. The van der Waals surface area contributed by atoms with Crippen LogP contribution in [0.4, 0.5) is 5.69 Å². The number of nitrogen functional groups attached to an aromatic ring is 1. The molecule has 2 rings (SSSR count). The van der Waals surface area contributed by atoms with Gasteiger partial charge in [0.2, 0.25) is 0 Å². The number of rotatable bonds is 5. The molecule has 0 atom stereocenters. The lowest BCUT2D eigenvalue weighted by Crippen LogP contribution is -2.23. The number of ether oxygens (including phenoxy) is 1. The highest BCUT2D eigenvalue weighted by molar-refractivity contribution is 7.08. The van der Waals surface area contributed by atoms with Gasteiger partial charge in [0, 0.05) is 12.1 Å². The fraction of sp³-hybridized carbons (Fsp3) is 0.267. The van der Waals surface area contributed by atoms with Crippen molar-refractivity contribution in [1.82, 2.24) is 5.32 Å². The van der Waals surface area contributed by atoms with Crippen LogP contribution in [-0.4, -0.2) is 12.5 Å². The molecule has 0 aliphatic heterocycles. The topological polar surface area (TPSA) is 64.3 Å². The molecule has 3 N–H and O–H groups in total. The minimum absolute atomic E-state index is 0.134. The van der Waals surface area contributed by atoms with E-state index in [1.807, 2.05) is 19.2 Å². The predicted octanol–water partition coefficient (Wildman–Crippen LogP) is 2.97. The van der Waals surface area contributed by atoms with E-state index in [0.717, 1.165) is 5.56 Å². The van der Waals surface area contributed by atoms with Crippen molar-refractivity contribution < 1.29 is 9.53 Å². The van der Waals surface area contributed by atoms with Gasteiger partial charge in [0.05, 0.1) is 12.3 Å². The molecule has 2 aromatic rings. The molecule has 1 aromatic carbocycles. The van der Waals surface area contributed by atoms with Gasteiger partial charge in [-0.05, 0) is 53.9 Å². The van der Waals surface area contributed by atoms with E-state index >= 15 is 0 Å². The molecule has 1 heterocycles. The summed E-state index contributed by atoms with van der Waals surface area (Å²) >= 11 is 1.64. The Hall–Kier alpha value is -2.01. The highest BCUT2D eigenvalue weighted by atomic mass is 32.1. The van der Waals surface area contributed by atoms with Gasteiger partial charge < -0.3 is 15.8 Å². The van der Waals surface area contributed by atoms with Crippen LogP contribution in [0, 0.1) is 6.92 Å². The van der Waals surface area contributed by atoms with E-state index in [4.69, 9.17) is 10.5 Å². The van der Waals surface area contributed by atoms with Crippen molar-refractivity contribution in [3.05, 3.63) is 45.6 Å². The third kappa shape index (κ3) is 3.30. The van der Waals surface area contributed by atoms with E-state index in [-0.39, 0.29) is 5.91 Å². The van der Waals surface area contributed by atoms with E-state index in [2.05, 4.69) is 10.7 Å². The van der Waals surface area contributed by atoms with Crippen LogP contribution in [0.5, 0.6) is 5.75 Å². The molecule has 0 saturated carbocycles. The Bertz CT molecular complexity index is 608. The average Bonchev–Trinajstić information content (AvgIpc) is 2.84. The minimum Gasteiger partial charge on any atom is -0.492 e. The number of amides is 1. The Kier molecular flexibility index (Phi) is 4.63. The third-order valence-electron chi connectivity index (χ3n) is 2.97. The van der Waals surface area contributed by atoms with E-state index in [1.54, 1.807) is 29.5 Å². The zero-order valence-electron chi connectivity index (χ0n) is 11.6. The van der Waals surface area contributed by atoms with Crippen LogP contribution in [0.2, 0.25) is 0 Å². The number of carbonyl (C=O) groups excluding carboxylic acids is 1. The first-order valence-electron chi connectivity index (χ1n) is 6.44. The molecule has 1 amide bonds. The number of hydrogen-bond donors (Lipinski definition) is 2. The van der Waals surface area contributed by atoms with Crippen LogP contribution >= 0.6 is 11.3 Å². The molecule has 0 aliphatic carbocycles. The van der Waals surface area contributed by atoms with Gasteiger partial charge in [-0.25, -0.2) is 0 Å². The summed E-state index contributed by atoms with van der Waals surface area (Å²) in [6.07, 6.45) is 0. The number of carbonyl (C=O) groups is 1. The number of benzene rings is 1. The number of nitrogens with one attached hydrogen (secondary N) is 1. The minimum atomic E-state index is -0.134. The second kappa shape index (κ2) is 6.43. The predicted molar refractivity (Wildman–Crippen MR) is 82.2 cm³/mol. The highest BCUT2D eigenvalue weighted by Crippen LogP contribution is 2.22. The number of anilines is 1. The Balaban J connectivity index is 2.02. The van der Waals surface area contributed by atoms with Crippen LogP contribution in [-0.2, 0) is 6.54 Å². The monoisotopic (exact) mass is 290 g/mol. The third-order valence-corrected chi connectivity index (χ3v) is 3.88. The van der Waals surface area contributed by atoms with Crippen LogP contribution in [0.3, 0.4) is 0 Å². The lowest BCUT2D eigenvalue weighted by Gasteiger charge is -2.09. The maximum absolute atomic E-state index is 12.1. The van der Waals surface area contributed by atoms with Crippen molar-refractivity contribution in [2.75, 3.05) is 12.3 Å². The Morgan fingerprint density at radius 3 is 2.80 bits per heavy atom. The van der Waals surface area contributed by atoms with Crippen molar-refractivity contribution in [2.24, 2.45) is 0 Å². The molecule has 0 unspecified atom stereocenters. The molecule has 20 heavy (non-hydrogen) atoms. The molecule has 0 fully saturated rings. The van der Waals surface area contributed by atoms with E-state index in [0.29, 0.717) is 30.2 Å². The summed E-state index contributed by atoms with van der Waals surface area (Å²) in [5.41, 5.74) is 9.21. The van der Waals surface area contributed by atoms with Gasteiger partial charge in [-0.15, -0.1) is 0 Å². The largest absolute Gasteiger partial charge is 0.492 e. The average molecular weight is 290 g/mol. The Morgan fingerprint density at radius 2 is 2.20 bits per heavy atom. The van der Waals surface area contributed by atoms with Gasteiger partial charge in [-0.3, -0.25) is 4.79 Å². The van der Waals surface area contributed by atoms with E-state index < -0.39 is 0 Å². The summed E-state index contributed by atoms with van der Waals surface area (Å²) in [6.45, 7) is 5.00.